The molecule has 1 nitrogen and oxygen atoms in total. The summed E-state index contributed by atoms with van der Waals surface area (Å²) in [6.07, 6.45) is 1.02. The summed E-state index contributed by atoms with van der Waals surface area (Å²) >= 11 is 1.82. The summed E-state index contributed by atoms with van der Waals surface area (Å²) in [5.41, 5.74) is 0.815. The number of hydrogen-bond acceptors (Lipinski definition) is 2. The van der Waals surface area contributed by atoms with Gasteiger partial charge in [-0.2, -0.15) is 11.8 Å². The molecule has 1 rings (SSSR count). The average Bonchev–Trinajstić information content (AvgIpc) is 2.33. The molecule has 0 aliphatic heterocycles. The van der Waals surface area contributed by atoms with Crippen LogP contribution in [0.25, 0.3) is 0 Å². The molecule has 1 unspecified atom stereocenters. The summed E-state index contributed by atoms with van der Waals surface area (Å²) < 4.78 is 26.2. The molecule has 0 aromatic heterocycles. The van der Waals surface area contributed by atoms with Crippen molar-refractivity contribution >= 4 is 11.8 Å². The Morgan fingerprint density at radius 2 is 1.94 bits per heavy atom. The lowest BCUT2D eigenvalue weighted by molar-refractivity contribution is 0.501. The predicted octanol–water partition coefficient (Wildman–Crippen LogP) is 4.15. The molecule has 18 heavy (non-hydrogen) atoms. The fraction of sp³-hybridized carbons (Fsp3) is 0.571. The lowest BCUT2D eigenvalue weighted by atomic mass is 10.1. The fourth-order valence-electron chi connectivity index (χ4n) is 1.61. The van der Waals surface area contributed by atoms with E-state index in [1.807, 2.05) is 11.8 Å². The summed E-state index contributed by atoms with van der Waals surface area (Å²) in [5, 5.41) is 3.91. The first kappa shape index (κ1) is 15.4. The molecule has 0 heterocycles. The second kappa shape index (κ2) is 7.74. The Hall–Kier alpha value is -0.610. The van der Waals surface area contributed by atoms with Crippen LogP contribution in [0.3, 0.4) is 0 Å². The minimum atomic E-state index is -0.787. The van der Waals surface area contributed by atoms with Gasteiger partial charge in [0.2, 0.25) is 0 Å². The molecule has 0 bridgehead atoms. The maximum absolute atomic E-state index is 13.3. The van der Waals surface area contributed by atoms with Gasteiger partial charge in [-0.15, -0.1) is 0 Å². The minimum absolute atomic E-state index is 0.0763. The molecule has 0 spiro atoms. The summed E-state index contributed by atoms with van der Waals surface area (Å²) in [5.74, 6) is -0.696. The molecule has 0 saturated carbocycles. The third kappa shape index (κ3) is 4.94. The molecule has 0 radical (unpaired) electrons. The van der Waals surface area contributed by atoms with Crippen LogP contribution in [0.1, 0.15) is 38.8 Å². The van der Waals surface area contributed by atoms with Crippen molar-refractivity contribution < 1.29 is 8.78 Å². The number of hydrogen-bond donors (Lipinski definition) is 1. The molecule has 0 aliphatic carbocycles. The second-order valence-corrected chi connectivity index (χ2v) is 6.17. The minimum Gasteiger partial charge on any atom is -0.309 e. The van der Waals surface area contributed by atoms with Gasteiger partial charge in [0.25, 0.3) is 0 Å². The Balaban J connectivity index is 2.76. The molecule has 0 amide bonds. The number of nitrogens with one attached hydrogen (secondary N) is 1. The standard InChI is InChI=1S/C14H21F2NS/c1-4-7-17-14(9-18-10(2)3)11-5-6-12(15)13(16)8-11/h5-6,8,10,14,17H,4,7,9H2,1-3H3. The van der Waals surface area contributed by atoms with Gasteiger partial charge in [-0.05, 0) is 35.9 Å². The van der Waals surface area contributed by atoms with Crippen molar-refractivity contribution in [3.63, 3.8) is 0 Å². The van der Waals surface area contributed by atoms with Gasteiger partial charge in [-0.1, -0.05) is 26.8 Å². The Morgan fingerprint density at radius 3 is 2.50 bits per heavy atom. The van der Waals surface area contributed by atoms with Gasteiger partial charge in [-0.25, -0.2) is 8.78 Å². The van der Waals surface area contributed by atoms with E-state index < -0.39 is 11.6 Å². The van der Waals surface area contributed by atoms with Crippen molar-refractivity contribution in [3.8, 4) is 0 Å². The van der Waals surface area contributed by atoms with Crippen molar-refractivity contribution in [2.75, 3.05) is 12.3 Å². The molecule has 1 atom stereocenters. The molecule has 102 valence electrons. The normalized spacial score (nSPS) is 13.0. The molecule has 0 saturated heterocycles. The maximum Gasteiger partial charge on any atom is 0.159 e. The third-order valence-corrected chi connectivity index (χ3v) is 3.78. The summed E-state index contributed by atoms with van der Waals surface area (Å²) in [7, 11) is 0. The van der Waals surface area contributed by atoms with Crippen molar-refractivity contribution in [3.05, 3.63) is 35.4 Å². The van der Waals surface area contributed by atoms with E-state index in [-0.39, 0.29) is 6.04 Å². The number of rotatable bonds is 7. The van der Waals surface area contributed by atoms with Crippen LogP contribution in [0.15, 0.2) is 18.2 Å². The van der Waals surface area contributed by atoms with Gasteiger partial charge in [0.15, 0.2) is 11.6 Å². The average molecular weight is 273 g/mol. The summed E-state index contributed by atoms with van der Waals surface area (Å²) in [6.45, 7) is 7.23. The topological polar surface area (TPSA) is 12.0 Å². The van der Waals surface area contributed by atoms with E-state index in [1.165, 1.54) is 12.1 Å². The first-order valence-corrected chi connectivity index (χ1v) is 7.39. The van der Waals surface area contributed by atoms with Gasteiger partial charge >= 0.3 is 0 Å². The van der Waals surface area contributed by atoms with Crippen molar-refractivity contribution in [2.45, 2.75) is 38.5 Å². The highest BCUT2D eigenvalue weighted by molar-refractivity contribution is 7.99. The molecule has 0 aliphatic rings. The van der Waals surface area contributed by atoms with Crippen LogP contribution >= 0.6 is 11.8 Å². The van der Waals surface area contributed by atoms with E-state index in [2.05, 4.69) is 26.1 Å². The Bertz CT molecular complexity index is 369. The molecular formula is C14H21F2NS. The van der Waals surface area contributed by atoms with Gasteiger partial charge in [-0.3, -0.25) is 0 Å². The molecule has 1 N–H and O–H groups in total. The van der Waals surface area contributed by atoms with Crippen molar-refractivity contribution in [2.24, 2.45) is 0 Å². The van der Waals surface area contributed by atoms with E-state index in [0.717, 1.165) is 24.3 Å². The lowest BCUT2D eigenvalue weighted by Crippen LogP contribution is -2.24. The smallest absolute Gasteiger partial charge is 0.159 e. The van der Waals surface area contributed by atoms with Gasteiger partial charge in [0.05, 0.1) is 0 Å². The maximum atomic E-state index is 13.3. The van der Waals surface area contributed by atoms with Crippen molar-refractivity contribution in [1.82, 2.24) is 5.32 Å². The second-order valence-electron chi connectivity index (χ2n) is 4.56. The lowest BCUT2D eigenvalue weighted by Gasteiger charge is -2.20. The molecule has 1 aromatic carbocycles. The molecule has 0 fully saturated rings. The first-order valence-electron chi connectivity index (χ1n) is 6.34. The van der Waals surface area contributed by atoms with E-state index >= 15 is 0 Å². The van der Waals surface area contributed by atoms with Crippen LogP contribution < -0.4 is 5.32 Å². The van der Waals surface area contributed by atoms with Crippen molar-refractivity contribution in [1.29, 1.82) is 0 Å². The highest BCUT2D eigenvalue weighted by atomic mass is 32.2. The number of thioether (sulfide) groups is 1. The SMILES string of the molecule is CCCNC(CSC(C)C)c1ccc(F)c(F)c1. The Kier molecular flexibility index (Phi) is 6.65. The number of halogens is 2. The first-order chi connectivity index (χ1) is 8.54. The zero-order valence-electron chi connectivity index (χ0n) is 11.2. The van der Waals surface area contributed by atoms with Gasteiger partial charge < -0.3 is 5.32 Å². The van der Waals surface area contributed by atoms with Crippen LogP contribution in [0.4, 0.5) is 8.78 Å². The van der Waals surface area contributed by atoms with Crippen LogP contribution in [0.2, 0.25) is 0 Å². The van der Waals surface area contributed by atoms with E-state index in [0.29, 0.717) is 5.25 Å². The monoisotopic (exact) mass is 273 g/mol. The predicted molar refractivity (Wildman–Crippen MR) is 75.0 cm³/mol. The molecular weight excluding hydrogens is 252 g/mol. The number of benzene rings is 1. The largest absolute Gasteiger partial charge is 0.309 e. The van der Waals surface area contributed by atoms with Crippen LogP contribution in [-0.2, 0) is 0 Å². The Morgan fingerprint density at radius 1 is 1.22 bits per heavy atom. The van der Waals surface area contributed by atoms with Crippen LogP contribution in [0, 0.1) is 11.6 Å². The highest BCUT2D eigenvalue weighted by Gasteiger charge is 2.14. The summed E-state index contributed by atoms with van der Waals surface area (Å²) in [6, 6.07) is 4.23. The summed E-state index contributed by atoms with van der Waals surface area (Å²) in [4.78, 5) is 0. The zero-order chi connectivity index (χ0) is 13.5. The fourth-order valence-corrected chi connectivity index (χ4v) is 2.50. The highest BCUT2D eigenvalue weighted by Crippen LogP contribution is 2.22. The van der Waals surface area contributed by atoms with Gasteiger partial charge in [0, 0.05) is 11.8 Å². The van der Waals surface area contributed by atoms with E-state index in [4.69, 9.17) is 0 Å². The van der Waals surface area contributed by atoms with E-state index in [1.54, 1.807) is 6.07 Å². The van der Waals surface area contributed by atoms with Gasteiger partial charge in [0.1, 0.15) is 0 Å². The zero-order valence-corrected chi connectivity index (χ0v) is 12.0. The molecule has 1 aromatic rings. The van der Waals surface area contributed by atoms with Crippen LogP contribution in [0.5, 0.6) is 0 Å². The Labute approximate surface area is 112 Å². The van der Waals surface area contributed by atoms with E-state index in [9.17, 15) is 8.78 Å². The third-order valence-electron chi connectivity index (χ3n) is 2.58. The van der Waals surface area contributed by atoms with Crippen LogP contribution in [-0.4, -0.2) is 17.5 Å². The quantitative estimate of drug-likeness (QED) is 0.801. The molecule has 4 heteroatoms.